The highest BCUT2D eigenvalue weighted by molar-refractivity contribution is 5.68. The molecule has 2 unspecified atom stereocenters. The lowest BCUT2D eigenvalue weighted by molar-refractivity contribution is -0.0910. The first kappa shape index (κ1) is 17.2. The smallest absolute Gasteiger partial charge is 0.410 e. The Hall–Kier alpha value is -1.60. The number of hydrogen-bond acceptors (Lipinski definition) is 5. The van der Waals surface area contributed by atoms with Crippen LogP contribution in [0.1, 0.15) is 45.9 Å². The summed E-state index contributed by atoms with van der Waals surface area (Å²) in [6.07, 6.45) is 4.42. The van der Waals surface area contributed by atoms with E-state index in [1.807, 2.05) is 27.1 Å². The van der Waals surface area contributed by atoms with Gasteiger partial charge in [0.25, 0.3) is 0 Å². The monoisotopic (exact) mass is 336 g/mol. The second-order valence-corrected chi connectivity index (χ2v) is 7.58. The van der Waals surface area contributed by atoms with Crippen LogP contribution in [0.5, 0.6) is 0 Å². The zero-order valence-electron chi connectivity index (χ0n) is 15.0. The predicted molar refractivity (Wildman–Crippen MR) is 89.8 cm³/mol. The molecule has 0 aliphatic carbocycles. The number of imidazole rings is 1. The number of amides is 1. The molecule has 1 N–H and O–H groups in total. The van der Waals surface area contributed by atoms with E-state index in [4.69, 9.17) is 9.47 Å². The Balaban J connectivity index is 1.76. The van der Waals surface area contributed by atoms with E-state index in [0.717, 1.165) is 25.2 Å². The maximum atomic E-state index is 12.4. The number of hydrogen-bond donors (Lipinski definition) is 1. The van der Waals surface area contributed by atoms with Gasteiger partial charge >= 0.3 is 6.09 Å². The fraction of sp³-hybridized carbons (Fsp3) is 0.765. The fourth-order valence-corrected chi connectivity index (χ4v) is 3.44. The second kappa shape index (κ2) is 6.37. The number of morpholine rings is 1. The first-order chi connectivity index (χ1) is 11.3. The number of nitrogens with zero attached hydrogens (tertiary/aromatic N) is 3. The van der Waals surface area contributed by atoms with Crippen LogP contribution in [0.4, 0.5) is 4.79 Å². The van der Waals surface area contributed by atoms with Gasteiger partial charge in [-0.2, -0.15) is 0 Å². The summed E-state index contributed by atoms with van der Waals surface area (Å²) in [5, 5.41) is 3.53. The first-order valence-corrected chi connectivity index (χ1v) is 8.70. The molecule has 1 amide bonds. The highest BCUT2D eigenvalue weighted by atomic mass is 16.6. The Kier molecular flexibility index (Phi) is 4.57. The van der Waals surface area contributed by atoms with E-state index in [2.05, 4.69) is 28.0 Å². The quantitative estimate of drug-likeness (QED) is 0.894. The molecular weight excluding hydrogens is 308 g/mol. The minimum absolute atomic E-state index is 0.00788. The van der Waals surface area contributed by atoms with Gasteiger partial charge < -0.3 is 24.3 Å². The number of likely N-dealkylation sites (tertiary alicyclic amines) is 1. The molecule has 3 rings (SSSR count). The number of rotatable bonds is 2. The molecule has 1 aromatic heterocycles. The van der Waals surface area contributed by atoms with Crippen molar-refractivity contribution >= 4 is 6.09 Å². The summed E-state index contributed by atoms with van der Waals surface area (Å²) in [6.45, 7) is 11.2. The lowest BCUT2D eigenvalue weighted by atomic mass is 9.89. The molecule has 0 aromatic carbocycles. The third-order valence-corrected chi connectivity index (χ3v) is 4.60. The standard InChI is InChI=1S/C17H28N4O3/c1-5-20-10-13(19-12-20)14-17(23-9-7-18-14)6-8-21(11-17)15(22)24-16(2,3)4/h10,12,14,18H,5-9,11H2,1-4H3. The molecular formula is C17H28N4O3. The maximum Gasteiger partial charge on any atom is 0.410 e. The molecule has 2 saturated heterocycles. The van der Waals surface area contributed by atoms with Crippen LogP contribution < -0.4 is 5.32 Å². The molecule has 7 heteroatoms. The van der Waals surface area contributed by atoms with E-state index in [9.17, 15) is 4.79 Å². The van der Waals surface area contributed by atoms with Crippen molar-refractivity contribution in [2.75, 3.05) is 26.2 Å². The lowest BCUT2D eigenvalue weighted by Crippen LogP contribution is -2.54. The number of nitrogens with one attached hydrogen (secondary N) is 1. The average molecular weight is 336 g/mol. The van der Waals surface area contributed by atoms with E-state index < -0.39 is 11.2 Å². The summed E-state index contributed by atoms with van der Waals surface area (Å²) in [5.41, 5.74) is 0.0578. The number of aromatic nitrogens is 2. The van der Waals surface area contributed by atoms with Crippen molar-refractivity contribution in [3.05, 3.63) is 18.2 Å². The van der Waals surface area contributed by atoms with Crippen molar-refractivity contribution in [2.24, 2.45) is 0 Å². The molecule has 134 valence electrons. The van der Waals surface area contributed by atoms with E-state index in [-0.39, 0.29) is 12.1 Å². The number of ether oxygens (including phenoxy) is 2. The molecule has 3 heterocycles. The SMILES string of the molecule is CCn1cnc(C2NCCOC23CCN(C(=O)OC(C)(C)C)C3)c1. The van der Waals surface area contributed by atoms with Crippen LogP contribution in [0.25, 0.3) is 0 Å². The van der Waals surface area contributed by atoms with Gasteiger partial charge in [-0.15, -0.1) is 0 Å². The Labute approximate surface area is 143 Å². The van der Waals surface area contributed by atoms with Crippen LogP contribution in [0.3, 0.4) is 0 Å². The Morgan fingerprint density at radius 2 is 2.33 bits per heavy atom. The van der Waals surface area contributed by atoms with Crippen LogP contribution in [0.2, 0.25) is 0 Å². The van der Waals surface area contributed by atoms with Gasteiger partial charge in [-0.05, 0) is 34.1 Å². The third-order valence-electron chi connectivity index (χ3n) is 4.60. The summed E-state index contributed by atoms with van der Waals surface area (Å²) >= 11 is 0. The Bertz CT molecular complexity index is 595. The summed E-state index contributed by atoms with van der Waals surface area (Å²) in [6, 6.07) is -0.00788. The average Bonchev–Trinajstić information content (AvgIpc) is 3.14. The number of carbonyl (C=O) groups is 1. The van der Waals surface area contributed by atoms with Gasteiger partial charge in [0.05, 0.1) is 31.2 Å². The van der Waals surface area contributed by atoms with Gasteiger partial charge in [0.1, 0.15) is 11.2 Å². The molecule has 2 atom stereocenters. The topological polar surface area (TPSA) is 68.6 Å². The first-order valence-electron chi connectivity index (χ1n) is 8.70. The fourth-order valence-electron chi connectivity index (χ4n) is 3.44. The van der Waals surface area contributed by atoms with Crippen LogP contribution >= 0.6 is 0 Å². The van der Waals surface area contributed by atoms with Gasteiger partial charge in [0.15, 0.2) is 0 Å². The summed E-state index contributed by atoms with van der Waals surface area (Å²) in [7, 11) is 0. The maximum absolute atomic E-state index is 12.4. The number of aryl methyl sites for hydroxylation is 1. The lowest BCUT2D eigenvalue weighted by Gasteiger charge is -2.41. The molecule has 24 heavy (non-hydrogen) atoms. The van der Waals surface area contributed by atoms with Crippen LogP contribution in [0, 0.1) is 0 Å². The van der Waals surface area contributed by atoms with E-state index >= 15 is 0 Å². The van der Waals surface area contributed by atoms with Gasteiger partial charge in [-0.1, -0.05) is 0 Å². The van der Waals surface area contributed by atoms with E-state index in [1.54, 1.807) is 4.90 Å². The van der Waals surface area contributed by atoms with Crippen molar-refractivity contribution in [3.63, 3.8) is 0 Å². The van der Waals surface area contributed by atoms with Crippen LogP contribution in [0.15, 0.2) is 12.5 Å². The van der Waals surface area contributed by atoms with E-state index in [0.29, 0.717) is 19.7 Å². The summed E-state index contributed by atoms with van der Waals surface area (Å²) in [4.78, 5) is 18.7. The zero-order valence-corrected chi connectivity index (χ0v) is 15.0. The van der Waals surface area contributed by atoms with Crippen molar-refractivity contribution in [1.82, 2.24) is 19.8 Å². The zero-order chi connectivity index (χ0) is 17.4. The Morgan fingerprint density at radius 3 is 3.00 bits per heavy atom. The van der Waals surface area contributed by atoms with Crippen molar-refractivity contribution in [1.29, 1.82) is 0 Å². The third kappa shape index (κ3) is 3.42. The largest absolute Gasteiger partial charge is 0.444 e. The minimum atomic E-state index is -0.488. The van der Waals surface area contributed by atoms with Crippen molar-refractivity contribution in [2.45, 2.75) is 57.9 Å². The molecule has 2 aliphatic heterocycles. The molecule has 7 nitrogen and oxygen atoms in total. The Morgan fingerprint density at radius 1 is 1.54 bits per heavy atom. The molecule has 1 spiro atoms. The van der Waals surface area contributed by atoms with Gasteiger partial charge in [-0.25, -0.2) is 9.78 Å². The highest BCUT2D eigenvalue weighted by Gasteiger charge is 2.50. The second-order valence-electron chi connectivity index (χ2n) is 7.58. The molecule has 0 radical (unpaired) electrons. The van der Waals surface area contributed by atoms with Gasteiger partial charge in [0.2, 0.25) is 0 Å². The molecule has 0 bridgehead atoms. The normalized spacial score (nSPS) is 27.7. The molecule has 2 aliphatic rings. The number of carbonyl (C=O) groups excluding carboxylic acids is 1. The predicted octanol–water partition coefficient (Wildman–Crippen LogP) is 1.94. The van der Waals surface area contributed by atoms with Crippen molar-refractivity contribution in [3.8, 4) is 0 Å². The molecule has 0 saturated carbocycles. The van der Waals surface area contributed by atoms with E-state index in [1.165, 1.54) is 0 Å². The van der Waals surface area contributed by atoms with Gasteiger partial charge in [0, 0.05) is 25.8 Å². The minimum Gasteiger partial charge on any atom is -0.444 e. The van der Waals surface area contributed by atoms with Crippen molar-refractivity contribution < 1.29 is 14.3 Å². The van der Waals surface area contributed by atoms with Crippen LogP contribution in [-0.4, -0.2) is 58.0 Å². The van der Waals surface area contributed by atoms with Gasteiger partial charge in [-0.3, -0.25) is 0 Å². The molecule has 2 fully saturated rings. The van der Waals surface area contributed by atoms with Crippen LogP contribution in [-0.2, 0) is 16.0 Å². The highest BCUT2D eigenvalue weighted by Crippen LogP contribution is 2.39. The molecule has 1 aromatic rings. The summed E-state index contributed by atoms with van der Waals surface area (Å²) < 4.78 is 13.8. The summed E-state index contributed by atoms with van der Waals surface area (Å²) in [5.74, 6) is 0.